The van der Waals surface area contributed by atoms with Gasteiger partial charge in [-0.3, -0.25) is 0 Å². The summed E-state index contributed by atoms with van der Waals surface area (Å²) < 4.78 is 0. The van der Waals surface area contributed by atoms with Crippen LogP contribution < -0.4 is 0 Å². The van der Waals surface area contributed by atoms with Crippen molar-refractivity contribution in [1.82, 2.24) is 0 Å². The van der Waals surface area contributed by atoms with Crippen LogP contribution in [-0.4, -0.2) is 6.04 Å². The second-order valence-corrected chi connectivity index (χ2v) is 1.08. The Morgan fingerprint density at radius 1 is 1.67 bits per heavy atom. The van der Waals surface area contributed by atoms with Crippen molar-refractivity contribution in [2.45, 2.75) is 6.04 Å². The molecule has 0 saturated carbocycles. The lowest BCUT2D eigenvalue weighted by atomic mass is 10.7. The van der Waals surface area contributed by atoms with Crippen LogP contribution in [0.4, 0.5) is 0 Å². The number of hydrogen-bond acceptors (Lipinski definition) is 1. The van der Waals surface area contributed by atoms with Gasteiger partial charge in [0.2, 0.25) is 0 Å². The summed E-state index contributed by atoms with van der Waals surface area (Å²) >= 11 is 0. The lowest BCUT2D eigenvalue weighted by Crippen LogP contribution is -1.65. The Hall–Kier alpha value is -0.950. The van der Waals surface area contributed by atoms with Gasteiger partial charge in [-0.15, -0.1) is 0 Å². The molecule has 0 aliphatic heterocycles. The van der Waals surface area contributed by atoms with Crippen LogP contribution in [0.5, 0.6) is 0 Å². The Bertz CT molecular complexity index is 114. The molecule has 0 aromatic carbocycles. The summed E-state index contributed by atoms with van der Waals surface area (Å²) in [7, 11) is 0. The van der Waals surface area contributed by atoms with Gasteiger partial charge in [0.1, 0.15) is 0 Å². The molecule has 3 nitrogen and oxygen atoms in total. The lowest BCUT2D eigenvalue weighted by molar-refractivity contribution is 1.13. The minimum Gasteiger partial charge on any atom is -0.0825 e. The van der Waals surface area contributed by atoms with Crippen molar-refractivity contribution in [2.24, 2.45) is 5.11 Å². The number of hydrogen-bond donors (Lipinski definition) is 0. The summed E-state index contributed by atoms with van der Waals surface area (Å²) in [6.07, 6.45) is 3.67. The maximum atomic E-state index is 7.70. The highest BCUT2D eigenvalue weighted by atomic mass is 15.2. The zero-order valence-electron chi connectivity index (χ0n) is 3.07. The maximum Gasteiger partial charge on any atom is 0.0736 e. The number of nitrogens with zero attached hydrogens (tertiary/aromatic N) is 3. The van der Waals surface area contributed by atoms with Crippen LogP contribution in [0.3, 0.4) is 0 Å². The van der Waals surface area contributed by atoms with Gasteiger partial charge in [0.15, 0.2) is 0 Å². The van der Waals surface area contributed by atoms with E-state index in [2.05, 4.69) is 10.0 Å². The predicted octanol–water partition coefficient (Wildman–Crippen LogP) is 1.24. The van der Waals surface area contributed by atoms with E-state index in [0.29, 0.717) is 0 Å². The van der Waals surface area contributed by atoms with Crippen molar-refractivity contribution in [2.75, 3.05) is 0 Å². The molecule has 0 heterocycles. The molecule has 0 spiro atoms. The van der Waals surface area contributed by atoms with Crippen LogP contribution in [0.2, 0.25) is 0 Å². The molecule has 0 amide bonds. The normalized spacial score (nSPS) is 16.7. The first-order chi connectivity index (χ1) is 2.93. The minimum atomic E-state index is 0.106. The molecule has 6 heavy (non-hydrogen) atoms. The quantitative estimate of drug-likeness (QED) is 0.197. The van der Waals surface area contributed by atoms with Crippen molar-refractivity contribution in [3.05, 3.63) is 22.6 Å². The van der Waals surface area contributed by atoms with Crippen molar-refractivity contribution in [3.8, 4) is 0 Å². The molecule has 0 aromatic rings. The third-order valence-electron chi connectivity index (χ3n) is 0.550. The maximum absolute atomic E-state index is 7.70. The molecule has 1 rings (SSSR count). The van der Waals surface area contributed by atoms with Crippen molar-refractivity contribution in [3.63, 3.8) is 0 Å². The second kappa shape index (κ2) is 1.03. The lowest BCUT2D eigenvalue weighted by Gasteiger charge is -1.64. The van der Waals surface area contributed by atoms with E-state index in [9.17, 15) is 0 Å². The Kier molecular flexibility index (Phi) is 0.557. The summed E-state index contributed by atoms with van der Waals surface area (Å²) in [5.74, 6) is 0. The smallest absolute Gasteiger partial charge is 0.0736 e. The van der Waals surface area contributed by atoms with Crippen LogP contribution in [0.1, 0.15) is 0 Å². The molecule has 1 aliphatic carbocycles. The SMILES string of the molecule is [N-]=[N+]=NC1C=C1. The number of rotatable bonds is 1. The Balaban J connectivity index is 2.36. The van der Waals surface area contributed by atoms with E-state index in [4.69, 9.17) is 5.53 Å². The molecule has 0 aromatic heterocycles. The molecule has 0 unspecified atom stereocenters. The van der Waals surface area contributed by atoms with Gasteiger partial charge in [-0.1, -0.05) is 17.3 Å². The van der Waals surface area contributed by atoms with Gasteiger partial charge < -0.3 is 0 Å². The zero-order valence-corrected chi connectivity index (χ0v) is 3.07. The summed E-state index contributed by atoms with van der Waals surface area (Å²) in [6.45, 7) is 0. The average molecular weight is 81.1 g/mol. The third kappa shape index (κ3) is 0.503. The fraction of sp³-hybridized carbons (Fsp3) is 0.333. The van der Waals surface area contributed by atoms with Crippen LogP contribution in [0, 0.1) is 0 Å². The first-order valence-corrected chi connectivity index (χ1v) is 1.66. The Morgan fingerprint density at radius 2 is 2.33 bits per heavy atom. The first kappa shape index (κ1) is 3.25. The van der Waals surface area contributed by atoms with E-state index in [1.54, 1.807) is 0 Å². The Labute approximate surface area is 34.9 Å². The van der Waals surface area contributed by atoms with Crippen LogP contribution >= 0.6 is 0 Å². The second-order valence-electron chi connectivity index (χ2n) is 1.08. The van der Waals surface area contributed by atoms with Crippen LogP contribution in [-0.2, 0) is 0 Å². The Morgan fingerprint density at radius 3 is 2.50 bits per heavy atom. The fourth-order valence-corrected chi connectivity index (χ4v) is 0.186. The largest absolute Gasteiger partial charge is 0.0825 e. The van der Waals surface area contributed by atoms with Crippen molar-refractivity contribution in [1.29, 1.82) is 0 Å². The van der Waals surface area contributed by atoms with Gasteiger partial charge in [-0.05, 0) is 5.53 Å². The van der Waals surface area contributed by atoms with E-state index in [1.165, 1.54) is 0 Å². The molecular weight excluding hydrogens is 78.1 g/mol. The average Bonchev–Trinajstić information content (AvgIpc) is 2.21. The first-order valence-electron chi connectivity index (χ1n) is 1.66. The van der Waals surface area contributed by atoms with E-state index in [-0.39, 0.29) is 6.04 Å². The molecule has 0 radical (unpaired) electrons. The zero-order chi connectivity index (χ0) is 4.41. The molecule has 0 fully saturated rings. The van der Waals surface area contributed by atoms with Gasteiger partial charge in [0.25, 0.3) is 0 Å². The highest BCUT2D eigenvalue weighted by Gasteiger charge is 2.04. The van der Waals surface area contributed by atoms with E-state index in [1.807, 2.05) is 12.2 Å². The van der Waals surface area contributed by atoms with Crippen LogP contribution in [0.15, 0.2) is 17.3 Å². The van der Waals surface area contributed by atoms with Crippen LogP contribution in [0.25, 0.3) is 10.4 Å². The minimum absolute atomic E-state index is 0.106. The topological polar surface area (TPSA) is 48.8 Å². The third-order valence-corrected chi connectivity index (χ3v) is 0.550. The van der Waals surface area contributed by atoms with E-state index in [0.717, 1.165) is 0 Å². The van der Waals surface area contributed by atoms with Gasteiger partial charge >= 0.3 is 0 Å². The molecule has 1 aliphatic rings. The monoisotopic (exact) mass is 81.0 g/mol. The molecule has 0 N–H and O–H groups in total. The van der Waals surface area contributed by atoms with Crippen molar-refractivity contribution >= 4 is 0 Å². The van der Waals surface area contributed by atoms with Gasteiger partial charge in [-0.25, -0.2) is 0 Å². The summed E-state index contributed by atoms with van der Waals surface area (Å²) in [4.78, 5) is 2.56. The fourth-order valence-electron chi connectivity index (χ4n) is 0.186. The van der Waals surface area contributed by atoms with E-state index >= 15 is 0 Å². The highest BCUT2D eigenvalue weighted by Crippen LogP contribution is 2.08. The predicted molar refractivity (Wildman–Crippen MR) is 22.1 cm³/mol. The number of azide groups is 1. The van der Waals surface area contributed by atoms with Gasteiger partial charge in [0.05, 0.1) is 6.04 Å². The standard InChI is InChI=1S/C3H3N3/c4-6-5-3-1-2-3/h1-3H. The van der Waals surface area contributed by atoms with Gasteiger partial charge in [0, 0.05) is 4.91 Å². The molecule has 3 heteroatoms. The molecular formula is C3H3N3. The molecule has 30 valence electrons. The van der Waals surface area contributed by atoms with Gasteiger partial charge in [-0.2, -0.15) is 0 Å². The van der Waals surface area contributed by atoms with E-state index < -0.39 is 0 Å². The summed E-state index contributed by atoms with van der Waals surface area (Å²) in [5, 5.41) is 3.31. The van der Waals surface area contributed by atoms with Crippen molar-refractivity contribution < 1.29 is 0 Å². The molecule has 0 atom stereocenters. The summed E-state index contributed by atoms with van der Waals surface area (Å²) in [5.41, 5.74) is 7.70. The summed E-state index contributed by atoms with van der Waals surface area (Å²) in [6, 6.07) is 0.106. The highest BCUT2D eigenvalue weighted by molar-refractivity contribution is 5.19. The molecule has 0 bridgehead atoms. The molecule has 0 saturated heterocycles.